The summed E-state index contributed by atoms with van der Waals surface area (Å²) in [5.41, 5.74) is 3.94. The SMILES string of the molecule is Cc1nc(NN)c(C)c(NC2CC2(C)C)n1. The van der Waals surface area contributed by atoms with Crippen molar-refractivity contribution in [1.29, 1.82) is 0 Å². The number of nitrogens with zero attached hydrogens (tertiary/aromatic N) is 2. The topological polar surface area (TPSA) is 75.9 Å². The molecule has 1 aliphatic carbocycles. The highest BCUT2D eigenvalue weighted by Crippen LogP contribution is 2.46. The van der Waals surface area contributed by atoms with Crippen LogP contribution in [0.5, 0.6) is 0 Å². The molecule has 5 heteroatoms. The number of aryl methyl sites for hydroxylation is 1. The molecule has 1 atom stereocenters. The minimum absolute atomic E-state index is 0.377. The normalized spacial score (nSPS) is 21.7. The van der Waals surface area contributed by atoms with Crippen molar-refractivity contribution in [3.05, 3.63) is 11.4 Å². The molecule has 1 aromatic rings. The summed E-state index contributed by atoms with van der Waals surface area (Å²) in [7, 11) is 0. The molecule has 4 N–H and O–H groups in total. The third kappa shape index (κ3) is 1.95. The zero-order valence-electron chi connectivity index (χ0n) is 10.3. The lowest BCUT2D eigenvalue weighted by molar-refractivity contribution is 0.629. The van der Waals surface area contributed by atoms with E-state index in [1.165, 1.54) is 6.42 Å². The number of nitrogen functional groups attached to an aromatic ring is 1. The van der Waals surface area contributed by atoms with Gasteiger partial charge in [0, 0.05) is 11.6 Å². The van der Waals surface area contributed by atoms with Crippen molar-refractivity contribution in [3.8, 4) is 0 Å². The zero-order valence-corrected chi connectivity index (χ0v) is 10.3. The molecule has 0 bridgehead atoms. The van der Waals surface area contributed by atoms with Crippen LogP contribution in [0, 0.1) is 19.3 Å². The van der Waals surface area contributed by atoms with Crippen molar-refractivity contribution in [2.75, 3.05) is 10.7 Å². The molecule has 0 amide bonds. The summed E-state index contributed by atoms with van der Waals surface area (Å²) >= 11 is 0. The van der Waals surface area contributed by atoms with E-state index in [-0.39, 0.29) is 0 Å². The van der Waals surface area contributed by atoms with Crippen LogP contribution < -0.4 is 16.6 Å². The van der Waals surface area contributed by atoms with Crippen molar-refractivity contribution < 1.29 is 0 Å². The number of hydrazine groups is 1. The van der Waals surface area contributed by atoms with Gasteiger partial charge in [0.05, 0.1) is 0 Å². The van der Waals surface area contributed by atoms with Crippen molar-refractivity contribution in [2.45, 2.75) is 40.2 Å². The molecule has 1 fully saturated rings. The van der Waals surface area contributed by atoms with Crippen LogP contribution in [-0.4, -0.2) is 16.0 Å². The van der Waals surface area contributed by atoms with Gasteiger partial charge in [0.2, 0.25) is 0 Å². The second kappa shape index (κ2) is 3.59. The maximum Gasteiger partial charge on any atom is 0.148 e. The molecule has 16 heavy (non-hydrogen) atoms. The van der Waals surface area contributed by atoms with Gasteiger partial charge in [0.25, 0.3) is 0 Å². The molecule has 0 aromatic carbocycles. The predicted molar refractivity (Wildman–Crippen MR) is 65.1 cm³/mol. The molecule has 0 radical (unpaired) electrons. The Bertz CT molecular complexity index is 413. The summed E-state index contributed by atoms with van der Waals surface area (Å²) in [5, 5.41) is 3.44. The number of nitrogens with two attached hydrogens (primary N) is 1. The van der Waals surface area contributed by atoms with E-state index in [0.29, 0.717) is 17.3 Å². The number of anilines is 2. The van der Waals surface area contributed by atoms with Crippen LogP contribution in [0.25, 0.3) is 0 Å². The first-order chi connectivity index (χ1) is 7.44. The molecule has 0 saturated heterocycles. The predicted octanol–water partition coefficient (Wildman–Crippen LogP) is 1.59. The molecule has 1 unspecified atom stereocenters. The van der Waals surface area contributed by atoms with Crippen LogP contribution in [-0.2, 0) is 0 Å². The second-order valence-electron chi connectivity index (χ2n) is 5.13. The largest absolute Gasteiger partial charge is 0.366 e. The third-order valence-electron chi connectivity index (χ3n) is 3.22. The first kappa shape index (κ1) is 11.1. The maximum atomic E-state index is 5.42. The molecule has 0 aliphatic heterocycles. The lowest BCUT2D eigenvalue weighted by Crippen LogP contribution is -2.16. The van der Waals surface area contributed by atoms with E-state index in [2.05, 4.69) is 34.6 Å². The van der Waals surface area contributed by atoms with Crippen LogP contribution in [0.2, 0.25) is 0 Å². The minimum atomic E-state index is 0.377. The third-order valence-corrected chi connectivity index (χ3v) is 3.22. The molecule has 1 aliphatic rings. The molecule has 0 spiro atoms. The number of aromatic nitrogens is 2. The number of hydrogen-bond acceptors (Lipinski definition) is 5. The Morgan fingerprint density at radius 1 is 1.25 bits per heavy atom. The van der Waals surface area contributed by atoms with Gasteiger partial charge in [-0.3, -0.25) is 0 Å². The average Bonchev–Trinajstić information content (AvgIpc) is 2.79. The fourth-order valence-corrected chi connectivity index (χ4v) is 1.79. The van der Waals surface area contributed by atoms with E-state index >= 15 is 0 Å². The Labute approximate surface area is 95.8 Å². The first-order valence-corrected chi connectivity index (χ1v) is 5.52. The second-order valence-corrected chi connectivity index (χ2v) is 5.13. The monoisotopic (exact) mass is 221 g/mol. The first-order valence-electron chi connectivity index (χ1n) is 5.52. The van der Waals surface area contributed by atoms with Crippen molar-refractivity contribution >= 4 is 11.6 Å². The van der Waals surface area contributed by atoms with Gasteiger partial charge in [-0.05, 0) is 25.7 Å². The number of nitrogens with one attached hydrogen (secondary N) is 2. The van der Waals surface area contributed by atoms with Gasteiger partial charge in [0.1, 0.15) is 17.5 Å². The quantitative estimate of drug-likeness (QED) is 0.534. The molecule has 1 saturated carbocycles. The summed E-state index contributed by atoms with van der Waals surface area (Å²) in [6.07, 6.45) is 1.18. The van der Waals surface area contributed by atoms with Crippen LogP contribution in [0.3, 0.4) is 0 Å². The highest BCUT2D eigenvalue weighted by molar-refractivity contribution is 5.57. The van der Waals surface area contributed by atoms with Crippen molar-refractivity contribution in [3.63, 3.8) is 0 Å². The standard InChI is InChI=1S/C11H19N5/c1-6-9(15-8-5-11(8,3)4)13-7(2)14-10(6)16-12/h8H,5,12H2,1-4H3,(H2,13,14,15,16). The van der Waals surface area contributed by atoms with Gasteiger partial charge in [-0.2, -0.15) is 0 Å². The number of hydrogen-bond donors (Lipinski definition) is 3. The van der Waals surface area contributed by atoms with Gasteiger partial charge < -0.3 is 10.7 Å². The molecule has 1 heterocycles. The summed E-state index contributed by atoms with van der Waals surface area (Å²) in [4.78, 5) is 8.64. The van der Waals surface area contributed by atoms with Crippen LogP contribution in [0.15, 0.2) is 0 Å². The average molecular weight is 221 g/mol. The van der Waals surface area contributed by atoms with Crippen LogP contribution in [0.1, 0.15) is 31.7 Å². The van der Waals surface area contributed by atoms with E-state index in [1.54, 1.807) is 0 Å². The Balaban J connectivity index is 2.24. The lowest BCUT2D eigenvalue weighted by Gasteiger charge is -2.13. The lowest BCUT2D eigenvalue weighted by atomic mass is 10.2. The summed E-state index contributed by atoms with van der Waals surface area (Å²) in [5.74, 6) is 7.72. The molecular weight excluding hydrogens is 202 g/mol. The van der Waals surface area contributed by atoms with E-state index in [1.807, 2.05) is 13.8 Å². The summed E-state index contributed by atoms with van der Waals surface area (Å²) in [6.45, 7) is 8.32. The Morgan fingerprint density at radius 2 is 1.81 bits per heavy atom. The van der Waals surface area contributed by atoms with Crippen LogP contribution in [0.4, 0.5) is 11.6 Å². The maximum absolute atomic E-state index is 5.42. The van der Waals surface area contributed by atoms with Gasteiger partial charge in [0.15, 0.2) is 0 Å². The van der Waals surface area contributed by atoms with Gasteiger partial charge >= 0.3 is 0 Å². The minimum Gasteiger partial charge on any atom is -0.366 e. The van der Waals surface area contributed by atoms with Crippen LogP contribution >= 0.6 is 0 Å². The van der Waals surface area contributed by atoms with E-state index in [4.69, 9.17) is 5.84 Å². The Hall–Kier alpha value is -1.36. The summed E-state index contributed by atoms with van der Waals surface area (Å²) in [6, 6.07) is 0.506. The summed E-state index contributed by atoms with van der Waals surface area (Å²) < 4.78 is 0. The van der Waals surface area contributed by atoms with E-state index < -0.39 is 0 Å². The highest BCUT2D eigenvalue weighted by atomic mass is 15.3. The van der Waals surface area contributed by atoms with Crippen molar-refractivity contribution in [1.82, 2.24) is 9.97 Å². The fraction of sp³-hybridized carbons (Fsp3) is 0.636. The van der Waals surface area contributed by atoms with Gasteiger partial charge in [-0.1, -0.05) is 13.8 Å². The molecule has 88 valence electrons. The Morgan fingerprint density at radius 3 is 2.31 bits per heavy atom. The fourth-order valence-electron chi connectivity index (χ4n) is 1.79. The molecular formula is C11H19N5. The van der Waals surface area contributed by atoms with Gasteiger partial charge in [-0.25, -0.2) is 15.8 Å². The number of rotatable bonds is 3. The zero-order chi connectivity index (χ0) is 11.9. The van der Waals surface area contributed by atoms with Gasteiger partial charge in [-0.15, -0.1) is 0 Å². The highest BCUT2D eigenvalue weighted by Gasteiger charge is 2.46. The molecule has 2 rings (SSSR count). The molecule has 1 aromatic heterocycles. The smallest absolute Gasteiger partial charge is 0.148 e. The molecule has 5 nitrogen and oxygen atoms in total. The Kier molecular flexibility index (Phi) is 2.50. The van der Waals surface area contributed by atoms with Crippen molar-refractivity contribution in [2.24, 2.45) is 11.3 Å². The van der Waals surface area contributed by atoms with E-state index in [9.17, 15) is 0 Å². The van der Waals surface area contributed by atoms with E-state index in [0.717, 1.165) is 17.2 Å².